The number of piperidine rings is 1. The van der Waals surface area contributed by atoms with Gasteiger partial charge in [0.25, 0.3) is 11.8 Å². The average molecular weight is 673 g/mol. The molecule has 4 aliphatic rings. The lowest BCUT2D eigenvalue weighted by molar-refractivity contribution is -0.124. The predicted molar refractivity (Wildman–Crippen MR) is 185 cm³/mol. The number of esters is 1. The van der Waals surface area contributed by atoms with Crippen LogP contribution in [0.3, 0.4) is 0 Å². The summed E-state index contributed by atoms with van der Waals surface area (Å²) in [6.45, 7) is 11.0. The minimum atomic E-state index is -1.02. The van der Waals surface area contributed by atoms with E-state index in [1.807, 2.05) is 39.0 Å². The van der Waals surface area contributed by atoms with Gasteiger partial charge in [0.15, 0.2) is 0 Å². The van der Waals surface area contributed by atoms with Crippen LogP contribution in [0.2, 0.25) is 0 Å². The molecule has 2 aromatic rings. The number of nitrogens with zero attached hydrogens (tertiary/aromatic N) is 5. The molecule has 1 aromatic carbocycles. The summed E-state index contributed by atoms with van der Waals surface area (Å²) in [6, 6.07) is 8.65. The molecule has 3 fully saturated rings. The van der Waals surface area contributed by atoms with Crippen molar-refractivity contribution in [2.45, 2.75) is 77.0 Å². The van der Waals surface area contributed by atoms with Gasteiger partial charge in [0, 0.05) is 70.7 Å². The van der Waals surface area contributed by atoms with Gasteiger partial charge in [0.2, 0.25) is 5.91 Å². The minimum Gasteiger partial charge on any atom is -0.456 e. The van der Waals surface area contributed by atoms with E-state index in [2.05, 4.69) is 25.0 Å². The smallest absolute Gasteiger partial charge is 0.340 e. The second kappa shape index (κ2) is 14.3. The van der Waals surface area contributed by atoms with Gasteiger partial charge in [-0.2, -0.15) is 0 Å². The van der Waals surface area contributed by atoms with Gasteiger partial charge < -0.3 is 24.6 Å². The Balaban J connectivity index is 1.01. The van der Waals surface area contributed by atoms with Crippen LogP contribution in [0.1, 0.15) is 90.4 Å². The van der Waals surface area contributed by atoms with Crippen LogP contribution in [-0.4, -0.2) is 109 Å². The molecular weight excluding hydrogens is 624 g/mol. The number of carbonyl (C=O) groups is 5. The zero-order chi connectivity index (χ0) is 34.9. The molecule has 12 nitrogen and oxygen atoms in total. The van der Waals surface area contributed by atoms with E-state index >= 15 is 0 Å². The fourth-order valence-electron chi connectivity index (χ4n) is 8.00. The number of anilines is 2. The number of piperazine rings is 1. The number of aromatic nitrogens is 1. The van der Waals surface area contributed by atoms with E-state index in [1.54, 1.807) is 18.3 Å². The first kappa shape index (κ1) is 34.5. The molecule has 12 heteroatoms. The first-order chi connectivity index (χ1) is 23.5. The molecule has 1 aromatic heterocycles. The standard InChI is InChI=1S/C37H48N6O6/c1-37(2,3)49-36(48)25-8-12-32(39-22-25)42-14-13-24-20-27(9-7-26(24)23-42)40-15-17-41(18-16-40)28-10-11-29-30(21-28)35(47)43(34(29)46)31(6-5-19-44)33(45)38-4/h8,10-12,19,21-22,24,26-27,31H,5-7,9,13-18,20,23H2,1-4H3,(H,38,45). The Hall–Kier alpha value is -4.32. The van der Waals surface area contributed by atoms with Crippen LogP contribution >= 0.6 is 0 Å². The molecular formula is C37H48N6O6. The largest absolute Gasteiger partial charge is 0.456 e. The molecule has 2 saturated heterocycles. The van der Waals surface area contributed by atoms with E-state index in [0.717, 1.165) is 62.1 Å². The molecule has 1 saturated carbocycles. The van der Waals surface area contributed by atoms with E-state index in [9.17, 15) is 24.0 Å². The van der Waals surface area contributed by atoms with Crippen molar-refractivity contribution in [2.24, 2.45) is 11.8 Å². The van der Waals surface area contributed by atoms with Crippen LogP contribution in [-0.2, 0) is 14.3 Å². The van der Waals surface area contributed by atoms with Crippen molar-refractivity contribution in [2.75, 3.05) is 56.1 Å². The van der Waals surface area contributed by atoms with Crippen molar-refractivity contribution < 1.29 is 28.7 Å². The van der Waals surface area contributed by atoms with Crippen LogP contribution in [0.5, 0.6) is 0 Å². The third-order valence-corrected chi connectivity index (χ3v) is 10.6. The molecule has 6 rings (SSSR count). The molecule has 0 bridgehead atoms. The monoisotopic (exact) mass is 672 g/mol. The number of imide groups is 1. The van der Waals surface area contributed by atoms with Crippen molar-refractivity contribution >= 4 is 41.5 Å². The third-order valence-electron chi connectivity index (χ3n) is 10.6. The maximum absolute atomic E-state index is 13.4. The Bertz CT molecular complexity index is 1580. The lowest BCUT2D eigenvalue weighted by Crippen LogP contribution is -2.53. The number of likely N-dealkylation sites (N-methyl/N-ethyl adjacent to an activating group) is 1. The van der Waals surface area contributed by atoms with Crippen LogP contribution in [0.25, 0.3) is 0 Å². The van der Waals surface area contributed by atoms with Crippen LogP contribution in [0.15, 0.2) is 36.5 Å². The quantitative estimate of drug-likeness (QED) is 0.240. The highest BCUT2D eigenvalue weighted by molar-refractivity contribution is 6.23. The molecule has 4 atom stereocenters. The zero-order valence-corrected chi connectivity index (χ0v) is 29.0. The van der Waals surface area contributed by atoms with Gasteiger partial charge in [0.1, 0.15) is 23.7 Å². The number of hydrogen-bond donors (Lipinski definition) is 1. The second-order valence-corrected chi connectivity index (χ2v) is 14.7. The number of hydrogen-bond acceptors (Lipinski definition) is 10. The SMILES string of the molecule is CNC(=O)C(CCC=O)N1C(=O)c2ccc(N3CCN(C4CCC5CN(c6ccc(C(=O)OC(C)(C)C)cn6)CCC5C4)CC3)cc2C1=O. The Kier molecular flexibility index (Phi) is 10.1. The van der Waals surface area contributed by atoms with Crippen molar-refractivity contribution in [3.8, 4) is 0 Å². The van der Waals surface area contributed by atoms with E-state index in [0.29, 0.717) is 40.9 Å². The number of nitrogens with one attached hydrogen (secondary N) is 1. The number of rotatable bonds is 9. The van der Waals surface area contributed by atoms with Crippen molar-refractivity contribution in [3.05, 3.63) is 53.2 Å². The number of benzene rings is 1. The minimum absolute atomic E-state index is 0.0758. The summed E-state index contributed by atoms with van der Waals surface area (Å²) in [5, 5.41) is 2.52. The van der Waals surface area contributed by atoms with Gasteiger partial charge in [-0.1, -0.05) is 0 Å². The summed E-state index contributed by atoms with van der Waals surface area (Å²) >= 11 is 0. The van der Waals surface area contributed by atoms with Gasteiger partial charge in [-0.15, -0.1) is 0 Å². The normalized spacial score (nSPS) is 23.5. The Morgan fingerprint density at radius 2 is 1.71 bits per heavy atom. The summed E-state index contributed by atoms with van der Waals surface area (Å²) in [4.78, 5) is 75.4. The summed E-state index contributed by atoms with van der Waals surface area (Å²) in [5.74, 6) is 0.430. The molecule has 1 aliphatic carbocycles. The van der Waals surface area contributed by atoms with Gasteiger partial charge in [-0.05, 0) is 95.0 Å². The third kappa shape index (κ3) is 7.34. The number of pyridine rings is 1. The number of amides is 3. The Morgan fingerprint density at radius 1 is 0.959 bits per heavy atom. The Labute approximate surface area is 288 Å². The highest BCUT2D eigenvalue weighted by atomic mass is 16.6. The first-order valence-electron chi connectivity index (χ1n) is 17.6. The molecule has 3 aliphatic heterocycles. The maximum atomic E-state index is 13.4. The molecule has 4 heterocycles. The molecule has 4 unspecified atom stereocenters. The molecule has 262 valence electrons. The van der Waals surface area contributed by atoms with E-state index in [1.165, 1.54) is 26.3 Å². The first-order valence-corrected chi connectivity index (χ1v) is 17.6. The van der Waals surface area contributed by atoms with Crippen LogP contribution in [0, 0.1) is 11.8 Å². The number of ether oxygens (including phenoxy) is 1. The zero-order valence-electron chi connectivity index (χ0n) is 29.0. The molecule has 3 amide bonds. The predicted octanol–water partition coefficient (Wildman–Crippen LogP) is 3.54. The van der Waals surface area contributed by atoms with Gasteiger partial charge in [-0.25, -0.2) is 9.78 Å². The second-order valence-electron chi connectivity index (χ2n) is 14.7. The van der Waals surface area contributed by atoms with Gasteiger partial charge >= 0.3 is 5.97 Å². The fraction of sp³-hybridized carbons (Fsp3) is 0.568. The fourth-order valence-corrected chi connectivity index (χ4v) is 8.00. The number of aldehydes is 1. The summed E-state index contributed by atoms with van der Waals surface area (Å²) < 4.78 is 5.48. The molecule has 49 heavy (non-hydrogen) atoms. The number of fused-ring (bicyclic) bond motifs is 2. The van der Waals surface area contributed by atoms with Crippen LogP contribution in [0.4, 0.5) is 11.5 Å². The van der Waals surface area contributed by atoms with Crippen molar-refractivity contribution in [1.29, 1.82) is 0 Å². The molecule has 0 radical (unpaired) electrons. The highest BCUT2D eigenvalue weighted by Crippen LogP contribution is 2.39. The van der Waals surface area contributed by atoms with E-state index in [4.69, 9.17) is 4.74 Å². The number of carbonyl (C=O) groups excluding carboxylic acids is 5. The molecule has 1 N–H and O–H groups in total. The van der Waals surface area contributed by atoms with Crippen molar-refractivity contribution in [1.82, 2.24) is 20.1 Å². The van der Waals surface area contributed by atoms with Gasteiger partial charge in [-0.3, -0.25) is 24.2 Å². The van der Waals surface area contributed by atoms with E-state index in [-0.39, 0.29) is 18.8 Å². The van der Waals surface area contributed by atoms with E-state index < -0.39 is 29.4 Å². The molecule has 0 spiro atoms. The summed E-state index contributed by atoms with van der Waals surface area (Å²) in [5.41, 5.74) is 1.43. The van der Waals surface area contributed by atoms with Crippen LogP contribution < -0.4 is 15.1 Å². The average Bonchev–Trinajstić information content (AvgIpc) is 3.35. The summed E-state index contributed by atoms with van der Waals surface area (Å²) in [7, 11) is 1.45. The lowest BCUT2D eigenvalue weighted by Gasteiger charge is -2.48. The highest BCUT2D eigenvalue weighted by Gasteiger charge is 2.43. The van der Waals surface area contributed by atoms with Crippen molar-refractivity contribution in [3.63, 3.8) is 0 Å². The topological polar surface area (TPSA) is 132 Å². The summed E-state index contributed by atoms with van der Waals surface area (Å²) in [6.07, 6.45) is 7.17. The lowest BCUT2D eigenvalue weighted by atomic mass is 9.72. The van der Waals surface area contributed by atoms with Gasteiger partial charge in [0.05, 0.1) is 16.7 Å². The maximum Gasteiger partial charge on any atom is 0.340 e. The Morgan fingerprint density at radius 3 is 2.39 bits per heavy atom.